The van der Waals surface area contributed by atoms with Gasteiger partial charge in [-0.3, -0.25) is 4.79 Å². The summed E-state index contributed by atoms with van der Waals surface area (Å²) in [5, 5.41) is 12.7. The third-order valence-corrected chi connectivity index (χ3v) is 2.26. The predicted octanol–water partition coefficient (Wildman–Crippen LogP) is 1.11. The van der Waals surface area contributed by atoms with Crippen LogP contribution in [-0.2, 0) is 9.59 Å². The van der Waals surface area contributed by atoms with E-state index in [0.717, 1.165) is 24.7 Å². The molecule has 0 aliphatic rings. The van der Waals surface area contributed by atoms with E-state index in [-0.39, 0.29) is 0 Å². The molecular weight excluding hydrogens is 246 g/mol. The molecular formula is C14H16NO4-. The topological polar surface area (TPSA) is 78.5 Å². The molecule has 0 bridgehead atoms. The van der Waals surface area contributed by atoms with E-state index in [1.807, 2.05) is 0 Å². The molecule has 0 aliphatic heterocycles. The van der Waals surface area contributed by atoms with Crippen molar-refractivity contribution in [3.05, 3.63) is 36.4 Å². The lowest BCUT2D eigenvalue weighted by molar-refractivity contribution is -0.297. The van der Waals surface area contributed by atoms with E-state index < -0.39 is 11.9 Å². The van der Waals surface area contributed by atoms with Crippen molar-refractivity contribution >= 4 is 17.6 Å². The summed E-state index contributed by atoms with van der Waals surface area (Å²) in [7, 11) is 0. The summed E-state index contributed by atoms with van der Waals surface area (Å²) in [5.74, 6) is -1.20. The summed E-state index contributed by atoms with van der Waals surface area (Å²) in [6, 6.07) is 6.86. The number of rotatable bonds is 7. The first-order valence-corrected chi connectivity index (χ1v) is 6.04. The zero-order chi connectivity index (χ0) is 14.1. The Morgan fingerprint density at radius 2 is 1.95 bits per heavy atom. The van der Waals surface area contributed by atoms with E-state index in [2.05, 4.69) is 12.2 Å². The molecule has 0 saturated heterocycles. The number of carboxylic acid groups (broad SMARTS) is 1. The zero-order valence-corrected chi connectivity index (χ0v) is 10.7. The maximum Gasteiger partial charge on any atom is 0.248 e. The minimum absolute atomic E-state index is 0.524. The number of amides is 1. The molecule has 0 unspecified atom stereocenters. The molecule has 102 valence electrons. The number of unbranched alkanes of at least 4 members (excludes halogenated alkanes) is 1. The second-order valence-electron chi connectivity index (χ2n) is 3.87. The van der Waals surface area contributed by atoms with Crippen molar-refractivity contribution in [3.63, 3.8) is 0 Å². The van der Waals surface area contributed by atoms with Crippen LogP contribution in [-0.4, -0.2) is 18.5 Å². The maximum atomic E-state index is 11.3. The second kappa shape index (κ2) is 7.92. The molecule has 1 N–H and O–H groups in total. The molecule has 0 fully saturated rings. The van der Waals surface area contributed by atoms with E-state index in [1.54, 1.807) is 24.3 Å². The van der Waals surface area contributed by atoms with Crippen LogP contribution in [0.5, 0.6) is 5.75 Å². The maximum absolute atomic E-state index is 11.3. The highest BCUT2D eigenvalue weighted by Gasteiger charge is 1.98. The highest BCUT2D eigenvalue weighted by Crippen LogP contribution is 2.15. The first-order chi connectivity index (χ1) is 9.11. The largest absolute Gasteiger partial charge is 0.545 e. The number of hydrogen-bond acceptors (Lipinski definition) is 4. The number of aliphatic carboxylic acids is 1. The first kappa shape index (κ1) is 14.8. The van der Waals surface area contributed by atoms with Gasteiger partial charge in [-0.2, -0.15) is 0 Å². The van der Waals surface area contributed by atoms with Crippen molar-refractivity contribution in [1.82, 2.24) is 0 Å². The molecule has 0 aromatic heterocycles. The van der Waals surface area contributed by atoms with Gasteiger partial charge in [-0.15, -0.1) is 0 Å². The normalized spacial score (nSPS) is 10.4. The molecule has 19 heavy (non-hydrogen) atoms. The summed E-state index contributed by atoms with van der Waals surface area (Å²) >= 11 is 0. The van der Waals surface area contributed by atoms with Gasteiger partial charge in [0.2, 0.25) is 5.91 Å². The first-order valence-electron chi connectivity index (χ1n) is 6.04. The van der Waals surface area contributed by atoms with Crippen LogP contribution in [0.4, 0.5) is 5.69 Å². The van der Waals surface area contributed by atoms with Crippen LogP contribution in [0.1, 0.15) is 19.8 Å². The monoisotopic (exact) mass is 262 g/mol. The Morgan fingerprint density at radius 3 is 2.53 bits per heavy atom. The Morgan fingerprint density at radius 1 is 1.26 bits per heavy atom. The summed E-state index contributed by atoms with van der Waals surface area (Å²) in [5.41, 5.74) is 0.566. The van der Waals surface area contributed by atoms with Crippen molar-refractivity contribution in [2.45, 2.75) is 19.8 Å². The van der Waals surface area contributed by atoms with E-state index in [4.69, 9.17) is 4.74 Å². The predicted molar refractivity (Wildman–Crippen MR) is 69.6 cm³/mol. The van der Waals surface area contributed by atoms with E-state index in [0.29, 0.717) is 18.4 Å². The molecule has 1 rings (SSSR count). The van der Waals surface area contributed by atoms with Crippen LogP contribution in [0, 0.1) is 0 Å². The van der Waals surface area contributed by atoms with Crippen LogP contribution in [0.3, 0.4) is 0 Å². The Balaban J connectivity index is 2.47. The Hall–Kier alpha value is -2.30. The number of carbonyl (C=O) groups is 2. The lowest BCUT2D eigenvalue weighted by Gasteiger charge is -2.06. The average molecular weight is 262 g/mol. The lowest BCUT2D eigenvalue weighted by atomic mass is 10.3. The standard InChI is InChI=1S/C14H17NO4/c1-2-3-10-19-12-6-4-11(5-7-12)15-13(16)8-9-14(17)18/h4-9H,2-3,10H2,1H3,(H,15,16)(H,17,18)/p-1/b9-8+. The Labute approximate surface area is 111 Å². The van der Waals surface area contributed by atoms with Gasteiger partial charge in [0, 0.05) is 11.8 Å². The average Bonchev–Trinajstić information content (AvgIpc) is 2.39. The molecule has 5 nitrogen and oxygen atoms in total. The Kier molecular flexibility index (Phi) is 6.15. The fraction of sp³-hybridized carbons (Fsp3) is 0.286. The molecule has 0 spiro atoms. The number of anilines is 1. The molecule has 5 heteroatoms. The third-order valence-electron chi connectivity index (χ3n) is 2.26. The van der Waals surface area contributed by atoms with Gasteiger partial charge in [0.05, 0.1) is 12.6 Å². The molecule has 1 amide bonds. The Bertz CT molecular complexity index is 451. The minimum atomic E-state index is -1.41. The molecule has 0 heterocycles. The van der Waals surface area contributed by atoms with E-state index in [1.165, 1.54) is 0 Å². The van der Waals surface area contributed by atoms with Gasteiger partial charge < -0.3 is 20.0 Å². The molecule has 1 aromatic rings. The van der Waals surface area contributed by atoms with Crippen LogP contribution < -0.4 is 15.2 Å². The fourth-order valence-corrected chi connectivity index (χ4v) is 1.30. The number of benzene rings is 1. The molecule has 0 aliphatic carbocycles. The van der Waals surface area contributed by atoms with Crippen LogP contribution in [0.25, 0.3) is 0 Å². The van der Waals surface area contributed by atoms with Gasteiger partial charge >= 0.3 is 0 Å². The summed E-state index contributed by atoms with van der Waals surface area (Å²) in [4.78, 5) is 21.4. The van der Waals surface area contributed by atoms with Gasteiger partial charge in [-0.25, -0.2) is 0 Å². The van der Waals surface area contributed by atoms with Crippen LogP contribution in [0.2, 0.25) is 0 Å². The van der Waals surface area contributed by atoms with Crippen molar-refractivity contribution in [2.24, 2.45) is 0 Å². The minimum Gasteiger partial charge on any atom is -0.545 e. The highest BCUT2D eigenvalue weighted by atomic mass is 16.5. The fourth-order valence-electron chi connectivity index (χ4n) is 1.30. The number of nitrogens with one attached hydrogen (secondary N) is 1. The van der Waals surface area contributed by atoms with Gasteiger partial charge in [0.25, 0.3) is 0 Å². The summed E-state index contributed by atoms with van der Waals surface area (Å²) in [6.07, 6.45) is 3.64. The smallest absolute Gasteiger partial charge is 0.248 e. The number of carbonyl (C=O) groups excluding carboxylic acids is 2. The summed E-state index contributed by atoms with van der Waals surface area (Å²) in [6.45, 7) is 2.75. The lowest BCUT2D eigenvalue weighted by Crippen LogP contribution is -2.20. The van der Waals surface area contributed by atoms with Crippen molar-refractivity contribution in [1.29, 1.82) is 0 Å². The number of carboxylic acids is 1. The molecule has 0 atom stereocenters. The number of hydrogen-bond donors (Lipinski definition) is 1. The van der Waals surface area contributed by atoms with Gasteiger partial charge in [0.15, 0.2) is 0 Å². The highest BCUT2D eigenvalue weighted by molar-refractivity contribution is 6.02. The molecule has 0 saturated carbocycles. The van der Waals surface area contributed by atoms with Gasteiger partial charge in [-0.1, -0.05) is 13.3 Å². The van der Waals surface area contributed by atoms with Gasteiger partial charge in [0.1, 0.15) is 5.75 Å². The SMILES string of the molecule is CCCCOc1ccc(NC(=O)/C=C/C(=O)[O-])cc1. The quantitative estimate of drug-likeness (QED) is 0.589. The molecule has 1 aromatic carbocycles. The van der Waals surface area contributed by atoms with Crippen molar-refractivity contribution < 1.29 is 19.4 Å². The van der Waals surface area contributed by atoms with Crippen LogP contribution in [0.15, 0.2) is 36.4 Å². The van der Waals surface area contributed by atoms with Crippen molar-refractivity contribution in [3.8, 4) is 5.75 Å². The third kappa shape index (κ3) is 6.26. The summed E-state index contributed by atoms with van der Waals surface area (Å²) < 4.78 is 5.47. The van der Waals surface area contributed by atoms with E-state index in [9.17, 15) is 14.7 Å². The van der Waals surface area contributed by atoms with Gasteiger partial charge in [-0.05, 0) is 36.8 Å². The van der Waals surface area contributed by atoms with Crippen LogP contribution >= 0.6 is 0 Å². The second-order valence-corrected chi connectivity index (χ2v) is 3.87. The van der Waals surface area contributed by atoms with E-state index >= 15 is 0 Å². The molecule has 0 radical (unpaired) electrons. The van der Waals surface area contributed by atoms with Crippen molar-refractivity contribution in [2.75, 3.05) is 11.9 Å². The number of ether oxygens (including phenoxy) is 1. The zero-order valence-electron chi connectivity index (χ0n) is 10.7.